The smallest absolute Gasteiger partial charge is 0.165 e. The standard InChI is InChI=1S/C17H17FN8/c18-14-4-10(1-2-12(14)6-19)8-26-9-11(7-23-26)3-13-5-15(20)24-17(25-22)16(13)21/h1-2,4-5,7,9H,3,8,21-22H2,(H3,20,24,25). The van der Waals surface area contributed by atoms with Gasteiger partial charge in [0.2, 0.25) is 0 Å². The first-order valence-electron chi connectivity index (χ1n) is 7.71. The molecule has 0 saturated carbocycles. The molecule has 0 fully saturated rings. The van der Waals surface area contributed by atoms with E-state index in [9.17, 15) is 4.39 Å². The first-order chi connectivity index (χ1) is 12.5. The van der Waals surface area contributed by atoms with Gasteiger partial charge in [0, 0.05) is 12.6 Å². The number of halogens is 1. The second kappa shape index (κ2) is 7.08. The molecule has 2 aromatic heterocycles. The summed E-state index contributed by atoms with van der Waals surface area (Å²) in [5.74, 6) is 5.47. The molecule has 9 heteroatoms. The number of pyridine rings is 1. The number of hydrogen-bond acceptors (Lipinski definition) is 7. The number of nitriles is 1. The first kappa shape index (κ1) is 17.2. The van der Waals surface area contributed by atoms with E-state index >= 15 is 0 Å². The highest BCUT2D eigenvalue weighted by atomic mass is 19.1. The Kier molecular flexibility index (Phi) is 4.68. The third-order valence-electron chi connectivity index (χ3n) is 3.88. The van der Waals surface area contributed by atoms with Crippen molar-refractivity contribution in [1.29, 1.82) is 5.26 Å². The molecule has 0 amide bonds. The number of hydrogen-bond donors (Lipinski definition) is 4. The lowest BCUT2D eigenvalue weighted by molar-refractivity contribution is 0.615. The fourth-order valence-electron chi connectivity index (χ4n) is 2.62. The lowest BCUT2D eigenvalue weighted by atomic mass is 10.1. The van der Waals surface area contributed by atoms with Crippen LogP contribution in [0, 0.1) is 17.1 Å². The van der Waals surface area contributed by atoms with E-state index in [2.05, 4.69) is 15.5 Å². The van der Waals surface area contributed by atoms with Crippen LogP contribution in [0.1, 0.15) is 22.3 Å². The Hall–Kier alpha value is -3.64. The van der Waals surface area contributed by atoms with Crippen molar-refractivity contribution >= 4 is 17.3 Å². The maximum atomic E-state index is 13.7. The Morgan fingerprint density at radius 1 is 1.23 bits per heavy atom. The molecule has 132 valence electrons. The van der Waals surface area contributed by atoms with Gasteiger partial charge in [-0.05, 0) is 34.9 Å². The van der Waals surface area contributed by atoms with E-state index in [1.807, 2.05) is 6.20 Å². The van der Waals surface area contributed by atoms with Gasteiger partial charge in [0.05, 0.1) is 24.0 Å². The van der Waals surface area contributed by atoms with Crippen LogP contribution in [0.15, 0.2) is 36.7 Å². The zero-order valence-electron chi connectivity index (χ0n) is 13.8. The highest BCUT2D eigenvalue weighted by Crippen LogP contribution is 2.24. The number of hydrazine groups is 1. The van der Waals surface area contributed by atoms with Crippen molar-refractivity contribution in [3.05, 3.63) is 64.7 Å². The van der Waals surface area contributed by atoms with Crippen LogP contribution in [-0.2, 0) is 13.0 Å². The number of nitrogens with zero attached hydrogens (tertiary/aromatic N) is 4. The van der Waals surface area contributed by atoms with Gasteiger partial charge in [0.15, 0.2) is 5.82 Å². The van der Waals surface area contributed by atoms with E-state index in [1.54, 1.807) is 29.1 Å². The highest BCUT2D eigenvalue weighted by molar-refractivity contribution is 5.68. The van der Waals surface area contributed by atoms with Gasteiger partial charge in [-0.15, -0.1) is 0 Å². The van der Waals surface area contributed by atoms with Crippen LogP contribution in [0.3, 0.4) is 0 Å². The van der Waals surface area contributed by atoms with E-state index < -0.39 is 5.82 Å². The first-order valence-corrected chi connectivity index (χ1v) is 7.71. The molecule has 0 unspecified atom stereocenters. The third kappa shape index (κ3) is 3.55. The quantitative estimate of drug-likeness (QED) is 0.401. The summed E-state index contributed by atoms with van der Waals surface area (Å²) in [4.78, 5) is 4.01. The summed E-state index contributed by atoms with van der Waals surface area (Å²) in [6.07, 6.45) is 4.03. The summed E-state index contributed by atoms with van der Waals surface area (Å²) in [6, 6.07) is 7.97. The number of nitrogens with one attached hydrogen (secondary N) is 1. The molecule has 0 atom stereocenters. The normalized spacial score (nSPS) is 10.5. The maximum absolute atomic E-state index is 13.7. The van der Waals surface area contributed by atoms with Crippen molar-refractivity contribution in [3.63, 3.8) is 0 Å². The summed E-state index contributed by atoms with van der Waals surface area (Å²) < 4.78 is 15.4. The Morgan fingerprint density at radius 3 is 2.73 bits per heavy atom. The molecule has 1 aromatic carbocycles. The van der Waals surface area contributed by atoms with Gasteiger partial charge in [-0.1, -0.05) is 6.07 Å². The highest BCUT2D eigenvalue weighted by Gasteiger charge is 2.10. The van der Waals surface area contributed by atoms with E-state index in [-0.39, 0.29) is 5.56 Å². The van der Waals surface area contributed by atoms with Gasteiger partial charge >= 0.3 is 0 Å². The van der Waals surface area contributed by atoms with Crippen LogP contribution >= 0.6 is 0 Å². The van der Waals surface area contributed by atoms with Crippen molar-refractivity contribution in [2.24, 2.45) is 5.84 Å². The predicted octanol–water partition coefficient (Wildman–Crippen LogP) is 1.38. The Balaban J connectivity index is 1.78. The molecule has 0 aliphatic rings. The van der Waals surface area contributed by atoms with Crippen LogP contribution in [0.5, 0.6) is 0 Å². The van der Waals surface area contributed by atoms with Crippen molar-refractivity contribution in [3.8, 4) is 6.07 Å². The summed E-state index contributed by atoms with van der Waals surface area (Å²) in [5.41, 5.74) is 17.0. The van der Waals surface area contributed by atoms with Gasteiger partial charge < -0.3 is 16.9 Å². The zero-order chi connectivity index (χ0) is 18.7. The van der Waals surface area contributed by atoms with Crippen LogP contribution in [0.25, 0.3) is 0 Å². The minimum Gasteiger partial charge on any atom is -0.395 e. The fourth-order valence-corrected chi connectivity index (χ4v) is 2.62. The minimum atomic E-state index is -0.542. The largest absolute Gasteiger partial charge is 0.395 e. The van der Waals surface area contributed by atoms with Gasteiger partial charge in [-0.2, -0.15) is 10.4 Å². The fraction of sp³-hybridized carbons (Fsp3) is 0.118. The zero-order valence-corrected chi connectivity index (χ0v) is 13.8. The lowest BCUT2D eigenvalue weighted by Gasteiger charge is -2.10. The molecule has 26 heavy (non-hydrogen) atoms. The van der Waals surface area contributed by atoms with Crippen LogP contribution in [-0.4, -0.2) is 14.8 Å². The summed E-state index contributed by atoms with van der Waals surface area (Å²) >= 11 is 0. The summed E-state index contributed by atoms with van der Waals surface area (Å²) in [6.45, 7) is 0.381. The molecule has 7 N–H and O–H groups in total. The molecule has 0 radical (unpaired) electrons. The maximum Gasteiger partial charge on any atom is 0.165 e. The average molecular weight is 352 g/mol. The predicted molar refractivity (Wildman–Crippen MR) is 96.1 cm³/mol. The van der Waals surface area contributed by atoms with E-state index in [1.165, 1.54) is 12.1 Å². The second-order valence-electron chi connectivity index (χ2n) is 5.76. The van der Waals surface area contributed by atoms with E-state index in [0.717, 1.165) is 11.1 Å². The number of nitrogens with two attached hydrogens (primary N) is 3. The van der Waals surface area contributed by atoms with Crippen LogP contribution < -0.4 is 22.7 Å². The molecule has 3 rings (SSSR count). The monoisotopic (exact) mass is 352 g/mol. The molecular formula is C17H17FN8. The van der Waals surface area contributed by atoms with Crippen LogP contribution in [0.4, 0.5) is 21.7 Å². The average Bonchev–Trinajstić information content (AvgIpc) is 3.05. The topological polar surface area (TPSA) is 145 Å². The molecule has 2 heterocycles. The minimum absolute atomic E-state index is 0.0185. The van der Waals surface area contributed by atoms with Gasteiger partial charge in [0.25, 0.3) is 0 Å². The van der Waals surface area contributed by atoms with Crippen molar-refractivity contribution < 1.29 is 4.39 Å². The van der Waals surface area contributed by atoms with E-state index in [0.29, 0.717) is 35.9 Å². The molecule has 0 spiro atoms. The molecule has 0 aliphatic carbocycles. The van der Waals surface area contributed by atoms with Crippen molar-refractivity contribution in [1.82, 2.24) is 14.8 Å². The number of rotatable bonds is 5. The molecule has 0 bridgehead atoms. The number of aromatic nitrogens is 3. The van der Waals surface area contributed by atoms with Gasteiger partial charge in [0.1, 0.15) is 17.7 Å². The summed E-state index contributed by atoms with van der Waals surface area (Å²) in [7, 11) is 0. The molecule has 0 aliphatic heterocycles. The number of anilines is 3. The SMILES string of the molecule is N#Cc1ccc(Cn2cc(Cc3cc(N)nc(NN)c3N)cn2)cc1F. The van der Waals surface area contributed by atoms with Gasteiger partial charge in [-0.25, -0.2) is 15.2 Å². The lowest BCUT2D eigenvalue weighted by Crippen LogP contribution is -2.13. The Bertz CT molecular complexity index is 989. The molecular weight excluding hydrogens is 335 g/mol. The summed E-state index contributed by atoms with van der Waals surface area (Å²) in [5, 5.41) is 13.1. The molecule has 8 nitrogen and oxygen atoms in total. The number of nitrogen functional groups attached to an aromatic ring is 3. The van der Waals surface area contributed by atoms with Gasteiger partial charge in [-0.3, -0.25) is 4.68 Å². The third-order valence-corrected chi connectivity index (χ3v) is 3.88. The second-order valence-corrected chi connectivity index (χ2v) is 5.76. The van der Waals surface area contributed by atoms with E-state index in [4.69, 9.17) is 22.6 Å². The Labute approximate surface area is 149 Å². The Morgan fingerprint density at radius 2 is 2.04 bits per heavy atom. The molecule has 0 saturated heterocycles. The molecule has 3 aromatic rings. The van der Waals surface area contributed by atoms with Crippen LogP contribution in [0.2, 0.25) is 0 Å². The number of benzene rings is 1. The van der Waals surface area contributed by atoms with Crippen molar-refractivity contribution in [2.45, 2.75) is 13.0 Å². The van der Waals surface area contributed by atoms with Crippen molar-refractivity contribution in [2.75, 3.05) is 16.9 Å².